The van der Waals surface area contributed by atoms with Crippen LogP contribution in [-0.2, 0) is 0 Å². The topological polar surface area (TPSA) is 12.0 Å². The van der Waals surface area contributed by atoms with Crippen molar-refractivity contribution < 1.29 is 22.0 Å². The molecule has 1 rings (SSSR count). The summed E-state index contributed by atoms with van der Waals surface area (Å²) in [5, 5.41) is 2.04. The normalized spacial score (nSPS) is 15.1. The van der Waals surface area contributed by atoms with E-state index in [-0.39, 0.29) is 5.56 Å². The summed E-state index contributed by atoms with van der Waals surface area (Å²) in [5.74, 6) is -4.81. The van der Waals surface area contributed by atoms with Crippen molar-refractivity contribution in [3.63, 3.8) is 0 Å². The van der Waals surface area contributed by atoms with E-state index >= 15 is 0 Å². The van der Waals surface area contributed by atoms with E-state index in [0.29, 0.717) is 8.66 Å². The highest BCUT2D eigenvalue weighted by Gasteiger charge is 2.62. The van der Waals surface area contributed by atoms with Gasteiger partial charge in [-0.15, -0.1) is 11.3 Å². The number of halogens is 6. The molecule has 0 aliphatic carbocycles. The van der Waals surface area contributed by atoms with E-state index in [9.17, 15) is 22.0 Å². The molecule has 1 aromatic heterocycles. The van der Waals surface area contributed by atoms with Crippen LogP contribution in [0.15, 0.2) is 9.85 Å². The Morgan fingerprint density at radius 3 is 2.12 bits per heavy atom. The van der Waals surface area contributed by atoms with Gasteiger partial charge in [0.25, 0.3) is 0 Å². The first kappa shape index (κ1) is 14.8. The van der Waals surface area contributed by atoms with Crippen molar-refractivity contribution in [2.45, 2.75) is 25.1 Å². The zero-order valence-corrected chi connectivity index (χ0v) is 11.2. The summed E-state index contributed by atoms with van der Waals surface area (Å²) in [5.41, 5.74) is -0.0494. The molecular formula is C9H9BrF5NS. The molecule has 0 radical (unpaired) electrons. The maximum atomic E-state index is 13.3. The van der Waals surface area contributed by atoms with Crippen molar-refractivity contribution in [1.82, 2.24) is 5.32 Å². The van der Waals surface area contributed by atoms with Gasteiger partial charge in [-0.05, 0) is 41.5 Å². The molecule has 1 unspecified atom stereocenters. The average Bonchev–Trinajstić information content (AvgIpc) is 2.44. The van der Waals surface area contributed by atoms with Crippen LogP contribution in [0.5, 0.6) is 0 Å². The predicted octanol–water partition coefficient (Wildman–Crippen LogP) is 4.28. The molecule has 0 aromatic carbocycles. The Kier molecular flexibility index (Phi) is 4.20. The monoisotopic (exact) mass is 337 g/mol. The summed E-state index contributed by atoms with van der Waals surface area (Å²) in [6.45, 7) is 1.50. The fraction of sp³-hybridized carbons (Fsp3) is 0.556. The molecule has 1 nitrogen and oxygen atoms in total. The number of rotatable bonds is 3. The van der Waals surface area contributed by atoms with Crippen LogP contribution in [0.3, 0.4) is 0 Å². The highest BCUT2D eigenvalue weighted by atomic mass is 79.9. The molecule has 1 aromatic rings. The second kappa shape index (κ2) is 4.81. The van der Waals surface area contributed by atoms with E-state index in [1.54, 1.807) is 0 Å². The lowest BCUT2D eigenvalue weighted by Crippen LogP contribution is -2.47. The Morgan fingerprint density at radius 1 is 1.29 bits per heavy atom. The third kappa shape index (κ3) is 2.79. The van der Waals surface area contributed by atoms with Gasteiger partial charge >= 0.3 is 12.1 Å². The first-order valence-corrected chi connectivity index (χ1v) is 6.10. The van der Waals surface area contributed by atoms with Gasteiger partial charge in [-0.25, -0.2) is 0 Å². The molecule has 0 bridgehead atoms. The van der Waals surface area contributed by atoms with Crippen LogP contribution in [0.1, 0.15) is 16.5 Å². The smallest absolute Gasteiger partial charge is 0.308 e. The minimum absolute atomic E-state index is 0.0494. The number of hydrogen-bond acceptors (Lipinski definition) is 2. The maximum Gasteiger partial charge on any atom is 0.455 e. The summed E-state index contributed by atoms with van der Waals surface area (Å²) in [6.07, 6.45) is -5.58. The molecule has 17 heavy (non-hydrogen) atoms. The van der Waals surface area contributed by atoms with Gasteiger partial charge in [0.15, 0.2) is 0 Å². The Balaban J connectivity index is 3.21. The van der Waals surface area contributed by atoms with Gasteiger partial charge in [0.05, 0.1) is 3.79 Å². The zero-order valence-electron chi connectivity index (χ0n) is 8.83. The lowest BCUT2D eigenvalue weighted by Gasteiger charge is -2.28. The van der Waals surface area contributed by atoms with Crippen molar-refractivity contribution in [1.29, 1.82) is 0 Å². The molecule has 98 valence electrons. The molecule has 8 heteroatoms. The van der Waals surface area contributed by atoms with Crippen LogP contribution in [0.2, 0.25) is 0 Å². The lowest BCUT2D eigenvalue weighted by atomic mass is 10.0. The largest absolute Gasteiger partial charge is 0.455 e. The van der Waals surface area contributed by atoms with Crippen LogP contribution in [0.4, 0.5) is 22.0 Å². The van der Waals surface area contributed by atoms with Crippen LogP contribution in [-0.4, -0.2) is 19.1 Å². The van der Waals surface area contributed by atoms with Gasteiger partial charge in [-0.1, -0.05) is 0 Å². The van der Waals surface area contributed by atoms with E-state index in [1.807, 2.05) is 5.32 Å². The molecule has 0 aliphatic rings. The first-order valence-electron chi connectivity index (χ1n) is 4.49. The van der Waals surface area contributed by atoms with Crippen LogP contribution >= 0.6 is 27.3 Å². The number of aryl methyl sites for hydroxylation is 1. The van der Waals surface area contributed by atoms with Crippen molar-refractivity contribution in [2.24, 2.45) is 0 Å². The van der Waals surface area contributed by atoms with Crippen LogP contribution in [0.25, 0.3) is 0 Å². The number of hydrogen-bond donors (Lipinski definition) is 1. The quantitative estimate of drug-likeness (QED) is 0.812. The Labute approximate surface area is 107 Å². The molecule has 0 aliphatic heterocycles. The summed E-state index contributed by atoms with van der Waals surface area (Å²) in [6, 6.07) is -0.800. The van der Waals surface area contributed by atoms with Gasteiger partial charge < -0.3 is 5.32 Å². The Hall–Kier alpha value is -0.210. The van der Waals surface area contributed by atoms with E-state index < -0.39 is 18.1 Å². The maximum absolute atomic E-state index is 13.3. The second-order valence-corrected chi connectivity index (χ2v) is 6.04. The molecule has 0 saturated heterocycles. The highest BCUT2D eigenvalue weighted by Crippen LogP contribution is 2.46. The van der Waals surface area contributed by atoms with E-state index in [4.69, 9.17) is 0 Å². The fourth-order valence-electron chi connectivity index (χ4n) is 1.44. The number of alkyl halides is 5. The van der Waals surface area contributed by atoms with Crippen molar-refractivity contribution in [3.05, 3.63) is 20.3 Å². The van der Waals surface area contributed by atoms with Crippen molar-refractivity contribution in [2.75, 3.05) is 7.05 Å². The molecule has 1 atom stereocenters. The second-order valence-electron chi connectivity index (χ2n) is 3.40. The van der Waals surface area contributed by atoms with E-state index in [2.05, 4.69) is 15.9 Å². The fourth-order valence-corrected chi connectivity index (χ4v) is 3.19. The molecule has 1 N–H and O–H groups in total. The van der Waals surface area contributed by atoms with Gasteiger partial charge in [0.2, 0.25) is 0 Å². The molecule has 0 fully saturated rings. The zero-order chi connectivity index (χ0) is 13.4. The van der Waals surface area contributed by atoms with Crippen LogP contribution in [0, 0.1) is 6.92 Å². The van der Waals surface area contributed by atoms with Crippen LogP contribution < -0.4 is 5.32 Å². The Bertz CT molecular complexity index is 401. The van der Waals surface area contributed by atoms with Gasteiger partial charge in [0, 0.05) is 4.88 Å². The van der Waals surface area contributed by atoms with Crippen molar-refractivity contribution in [3.8, 4) is 0 Å². The summed E-state index contributed by atoms with van der Waals surface area (Å²) < 4.78 is 64.0. The molecule has 0 amide bonds. The highest BCUT2D eigenvalue weighted by molar-refractivity contribution is 9.11. The number of nitrogens with one attached hydrogen (secondary N) is 1. The van der Waals surface area contributed by atoms with Gasteiger partial charge in [0.1, 0.15) is 6.04 Å². The summed E-state index contributed by atoms with van der Waals surface area (Å²) >= 11 is 4.18. The SMILES string of the molecule is CNC(c1cc(Br)sc1C)C(F)(F)C(F)(F)F. The van der Waals surface area contributed by atoms with E-state index in [1.165, 1.54) is 13.0 Å². The molecule has 1 heterocycles. The molecule has 0 spiro atoms. The van der Waals surface area contributed by atoms with E-state index in [0.717, 1.165) is 18.4 Å². The standard InChI is InChI=1S/C9H9BrF5NS/c1-4-5(3-6(10)17-4)7(16-2)8(11,12)9(13,14)15/h3,7,16H,1-2H3. The first-order chi connectivity index (χ1) is 7.61. The minimum Gasteiger partial charge on any atom is -0.308 e. The average molecular weight is 338 g/mol. The predicted molar refractivity (Wildman–Crippen MR) is 59.6 cm³/mol. The third-order valence-corrected chi connectivity index (χ3v) is 3.84. The van der Waals surface area contributed by atoms with Crippen molar-refractivity contribution >= 4 is 27.3 Å². The minimum atomic E-state index is -5.58. The molecular weight excluding hydrogens is 329 g/mol. The number of thiophene rings is 1. The third-order valence-electron chi connectivity index (χ3n) is 2.27. The Morgan fingerprint density at radius 2 is 1.82 bits per heavy atom. The van der Waals surface area contributed by atoms with Gasteiger partial charge in [-0.3, -0.25) is 0 Å². The van der Waals surface area contributed by atoms with Gasteiger partial charge in [-0.2, -0.15) is 22.0 Å². The summed E-state index contributed by atoms with van der Waals surface area (Å²) in [4.78, 5) is 0.417. The molecule has 0 saturated carbocycles. The summed E-state index contributed by atoms with van der Waals surface area (Å²) in [7, 11) is 1.08. The lowest BCUT2D eigenvalue weighted by molar-refractivity contribution is -0.293.